The molecule has 0 heterocycles. The zero-order valence-corrected chi connectivity index (χ0v) is 12.8. The number of aromatic hydroxyl groups is 1. The third-order valence-electron chi connectivity index (χ3n) is 3.12. The number of nitro groups is 1. The largest absolute Gasteiger partial charge is 0.504 e. The van der Waals surface area contributed by atoms with Gasteiger partial charge in [0.1, 0.15) is 0 Å². The third-order valence-corrected chi connectivity index (χ3v) is 3.12. The van der Waals surface area contributed by atoms with E-state index in [0.29, 0.717) is 16.9 Å². The van der Waals surface area contributed by atoms with Crippen molar-refractivity contribution in [3.63, 3.8) is 0 Å². The zero-order valence-electron chi connectivity index (χ0n) is 12.8. The molecule has 2 aromatic carbocycles. The van der Waals surface area contributed by atoms with Gasteiger partial charge in [0.2, 0.25) is 5.91 Å². The molecule has 0 saturated carbocycles. The highest BCUT2D eigenvalue weighted by atomic mass is 16.6. The number of nitrogens with one attached hydrogen (secondary N) is 1. The molecule has 8 nitrogen and oxygen atoms in total. The van der Waals surface area contributed by atoms with Crippen molar-refractivity contribution in [3.8, 4) is 11.5 Å². The number of benzene rings is 2. The fourth-order valence-corrected chi connectivity index (χ4v) is 1.91. The average molecular weight is 329 g/mol. The molecule has 8 heteroatoms. The van der Waals surface area contributed by atoms with Crippen molar-refractivity contribution in [2.75, 3.05) is 7.11 Å². The zero-order chi connectivity index (χ0) is 17.5. The van der Waals surface area contributed by atoms with Crippen LogP contribution in [-0.4, -0.2) is 29.3 Å². The van der Waals surface area contributed by atoms with Gasteiger partial charge in [-0.05, 0) is 29.3 Å². The lowest BCUT2D eigenvalue weighted by Crippen LogP contribution is -2.19. The summed E-state index contributed by atoms with van der Waals surface area (Å²) in [4.78, 5) is 21.8. The second-order valence-corrected chi connectivity index (χ2v) is 4.82. The van der Waals surface area contributed by atoms with Gasteiger partial charge in [-0.15, -0.1) is 0 Å². The molecule has 24 heavy (non-hydrogen) atoms. The number of nitro benzene ring substituents is 1. The maximum absolute atomic E-state index is 11.8. The fourth-order valence-electron chi connectivity index (χ4n) is 1.91. The van der Waals surface area contributed by atoms with E-state index in [1.807, 2.05) is 0 Å². The lowest BCUT2D eigenvalue weighted by Gasteiger charge is -2.03. The van der Waals surface area contributed by atoms with E-state index in [2.05, 4.69) is 10.5 Å². The van der Waals surface area contributed by atoms with Gasteiger partial charge in [-0.1, -0.05) is 12.1 Å². The number of hydrogen-bond donors (Lipinski definition) is 2. The van der Waals surface area contributed by atoms with E-state index < -0.39 is 4.92 Å². The van der Waals surface area contributed by atoms with E-state index in [1.165, 1.54) is 43.7 Å². The van der Waals surface area contributed by atoms with Crippen LogP contribution in [0.15, 0.2) is 47.6 Å². The monoisotopic (exact) mass is 329 g/mol. The molecule has 0 bridgehead atoms. The highest BCUT2D eigenvalue weighted by Gasteiger charge is 2.07. The van der Waals surface area contributed by atoms with E-state index in [0.717, 1.165) is 0 Å². The van der Waals surface area contributed by atoms with Crippen molar-refractivity contribution < 1.29 is 19.6 Å². The first kappa shape index (κ1) is 16.9. The molecular formula is C16H15N3O5. The third kappa shape index (κ3) is 4.54. The number of non-ortho nitro benzene ring substituents is 1. The summed E-state index contributed by atoms with van der Waals surface area (Å²) in [5.41, 5.74) is 3.61. The van der Waals surface area contributed by atoms with E-state index in [4.69, 9.17) is 4.74 Å². The van der Waals surface area contributed by atoms with Crippen molar-refractivity contribution in [1.29, 1.82) is 0 Å². The summed E-state index contributed by atoms with van der Waals surface area (Å²) < 4.78 is 4.97. The molecule has 0 aromatic heterocycles. The van der Waals surface area contributed by atoms with Crippen LogP contribution in [0.2, 0.25) is 0 Å². The number of carbonyl (C=O) groups is 1. The maximum Gasteiger partial charge on any atom is 0.269 e. The second kappa shape index (κ2) is 7.73. The van der Waals surface area contributed by atoms with Crippen molar-refractivity contribution in [1.82, 2.24) is 5.43 Å². The second-order valence-electron chi connectivity index (χ2n) is 4.82. The number of rotatable bonds is 6. The molecule has 0 aliphatic carbocycles. The fraction of sp³-hybridized carbons (Fsp3) is 0.125. The van der Waals surface area contributed by atoms with E-state index in [-0.39, 0.29) is 23.8 Å². The molecule has 0 atom stereocenters. The molecule has 0 aliphatic heterocycles. The van der Waals surface area contributed by atoms with Gasteiger partial charge in [0.15, 0.2) is 11.5 Å². The molecule has 0 fully saturated rings. The van der Waals surface area contributed by atoms with Crippen molar-refractivity contribution in [2.45, 2.75) is 6.42 Å². The first-order chi connectivity index (χ1) is 11.5. The Kier molecular flexibility index (Phi) is 5.45. The molecule has 2 N–H and O–H groups in total. The van der Waals surface area contributed by atoms with Gasteiger partial charge >= 0.3 is 0 Å². The van der Waals surface area contributed by atoms with Crippen LogP contribution < -0.4 is 10.2 Å². The normalized spacial score (nSPS) is 10.5. The van der Waals surface area contributed by atoms with Gasteiger partial charge in [0.25, 0.3) is 5.69 Å². The van der Waals surface area contributed by atoms with Gasteiger partial charge in [-0.2, -0.15) is 5.10 Å². The minimum Gasteiger partial charge on any atom is -0.504 e. The number of phenols is 1. The standard InChI is InChI=1S/C16H15N3O5/c1-24-15-8-12(4-7-14(15)20)10-17-18-16(21)9-11-2-5-13(6-3-11)19(22)23/h2-8,10,20H,9H2,1H3,(H,18,21)/b17-10-. The Morgan fingerprint density at radius 1 is 1.33 bits per heavy atom. The van der Waals surface area contributed by atoms with Gasteiger partial charge in [0.05, 0.1) is 24.7 Å². The summed E-state index contributed by atoms with van der Waals surface area (Å²) >= 11 is 0. The van der Waals surface area contributed by atoms with Crippen LogP contribution in [0.5, 0.6) is 11.5 Å². The highest BCUT2D eigenvalue weighted by Crippen LogP contribution is 2.25. The minimum absolute atomic E-state index is 0.0110. The van der Waals surface area contributed by atoms with Crippen molar-refractivity contribution >= 4 is 17.8 Å². The van der Waals surface area contributed by atoms with E-state index in [9.17, 15) is 20.0 Å². The number of amides is 1. The summed E-state index contributed by atoms with van der Waals surface area (Å²) in [5, 5.41) is 23.9. The molecule has 0 unspecified atom stereocenters. The van der Waals surface area contributed by atoms with Crippen LogP contribution in [-0.2, 0) is 11.2 Å². The summed E-state index contributed by atoms with van der Waals surface area (Å²) in [6.07, 6.45) is 1.46. The van der Waals surface area contributed by atoms with Crippen molar-refractivity contribution in [2.24, 2.45) is 5.10 Å². The number of hydrogen-bond acceptors (Lipinski definition) is 6. The molecule has 1 amide bonds. The number of nitrogens with zero attached hydrogens (tertiary/aromatic N) is 2. The van der Waals surface area contributed by atoms with Crippen molar-refractivity contribution in [3.05, 3.63) is 63.7 Å². The molecule has 0 radical (unpaired) electrons. The summed E-state index contributed by atoms with van der Waals surface area (Å²) in [5.74, 6) is -0.0427. The lowest BCUT2D eigenvalue weighted by molar-refractivity contribution is -0.384. The Morgan fingerprint density at radius 3 is 2.67 bits per heavy atom. The van der Waals surface area contributed by atoms with E-state index in [1.54, 1.807) is 12.1 Å². The van der Waals surface area contributed by atoms with Crippen LogP contribution >= 0.6 is 0 Å². The van der Waals surface area contributed by atoms with Gasteiger partial charge < -0.3 is 9.84 Å². The van der Waals surface area contributed by atoms with E-state index >= 15 is 0 Å². The van der Waals surface area contributed by atoms with Crippen LogP contribution in [0.25, 0.3) is 0 Å². The Morgan fingerprint density at radius 2 is 2.04 bits per heavy atom. The predicted molar refractivity (Wildman–Crippen MR) is 87.2 cm³/mol. The number of hydrazone groups is 1. The number of phenolic OH excluding ortho intramolecular Hbond substituents is 1. The van der Waals surface area contributed by atoms with Gasteiger partial charge in [0, 0.05) is 12.1 Å². The lowest BCUT2D eigenvalue weighted by atomic mass is 10.1. The van der Waals surface area contributed by atoms with Gasteiger partial charge in [-0.3, -0.25) is 14.9 Å². The highest BCUT2D eigenvalue weighted by molar-refractivity contribution is 5.84. The summed E-state index contributed by atoms with van der Waals surface area (Å²) in [6, 6.07) is 10.4. The predicted octanol–water partition coefficient (Wildman–Crippen LogP) is 2.00. The Bertz CT molecular complexity index is 772. The quantitative estimate of drug-likeness (QED) is 0.478. The summed E-state index contributed by atoms with van der Waals surface area (Å²) in [6.45, 7) is 0. The SMILES string of the molecule is COc1cc(/C=N\NC(=O)Cc2ccc([N+](=O)[O-])cc2)ccc1O. The maximum atomic E-state index is 11.8. The Balaban J connectivity index is 1.91. The Labute approximate surface area is 137 Å². The first-order valence-electron chi connectivity index (χ1n) is 6.92. The molecular weight excluding hydrogens is 314 g/mol. The van der Waals surface area contributed by atoms with Crippen LogP contribution in [0.4, 0.5) is 5.69 Å². The molecule has 2 aromatic rings. The number of methoxy groups -OCH3 is 1. The Hall–Kier alpha value is -3.42. The first-order valence-corrected chi connectivity index (χ1v) is 6.92. The molecule has 0 saturated heterocycles. The summed E-state index contributed by atoms with van der Waals surface area (Å²) in [7, 11) is 1.43. The molecule has 0 spiro atoms. The van der Waals surface area contributed by atoms with Crippen LogP contribution in [0, 0.1) is 10.1 Å². The number of ether oxygens (including phenoxy) is 1. The molecule has 2 rings (SSSR count). The van der Waals surface area contributed by atoms with Gasteiger partial charge in [-0.25, -0.2) is 5.43 Å². The topological polar surface area (TPSA) is 114 Å². The smallest absolute Gasteiger partial charge is 0.269 e. The number of carbonyl (C=O) groups excluding carboxylic acids is 1. The van der Waals surface area contributed by atoms with Crippen LogP contribution in [0.1, 0.15) is 11.1 Å². The van der Waals surface area contributed by atoms with Crippen LogP contribution in [0.3, 0.4) is 0 Å². The minimum atomic E-state index is -0.500. The molecule has 0 aliphatic rings. The molecule has 124 valence electrons. The average Bonchev–Trinajstić information content (AvgIpc) is 2.56.